The number of halogens is 2. The van der Waals surface area contributed by atoms with Crippen LogP contribution in [0.2, 0.25) is 5.02 Å². The first-order valence-electron chi connectivity index (χ1n) is 13.0. The number of amides is 2. The fourth-order valence-corrected chi connectivity index (χ4v) is 5.57. The van der Waals surface area contributed by atoms with Gasteiger partial charge < -0.3 is 15.5 Å². The van der Waals surface area contributed by atoms with Gasteiger partial charge in [-0.3, -0.25) is 9.59 Å². The molecular formula is C28H31BrClN5O4S. The van der Waals surface area contributed by atoms with Gasteiger partial charge in [-0.05, 0) is 83.4 Å². The smallest absolute Gasteiger partial charge is 0.255 e. The predicted octanol–water partition coefficient (Wildman–Crippen LogP) is 4.90. The van der Waals surface area contributed by atoms with Crippen LogP contribution in [0.5, 0.6) is 0 Å². The number of nitrogens with zero attached hydrogens (tertiary/aromatic N) is 3. The average Bonchev–Trinajstić information content (AvgIpc) is 2.92. The summed E-state index contributed by atoms with van der Waals surface area (Å²) in [6, 6.07) is 11.9. The lowest BCUT2D eigenvalue weighted by Gasteiger charge is -2.33. The molecule has 3 aromatic rings. The molecule has 0 spiro atoms. The van der Waals surface area contributed by atoms with Crippen LogP contribution in [-0.4, -0.2) is 56.1 Å². The molecule has 212 valence electrons. The number of anilines is 2. The van der Waals surface area contributed by atoms with Gasteiger partial charge in [0, 0.05) is 55.3 Å². The number of aryl methyl sites for hydroxylation is 1. The van der Waals surface area contributed by atoms with Crippen LogP contribution in [0.1, 0.15) is 41.6 Å². The summed E-state index contributed by atoms with van der Waals surface area (Å²) in [6.45, 7) is 1.86. The number of aromatic nitrogens is 2. The van der Waals surface area contributed by atoms with Crippen molar-refractivity contribution in [3.8, 4) is 0 Å². The van der Waals surface area contributed by atoms with Gasteiger partial charge in [0.2, 0.25) is 5.91 Å². The van der Waals surface area contributed by atoms with E-state index in [-0.39, 0.29) is 16.7 Å². The Hall–Kier alpha value is -3.02. The van der Waals surface area contributed by atoms with Crippen molar-refractivity contribution in [2.24, 2.45) is 5.92 Å². The topological polar surface area (TPSA) is 121 Å². The minimum Gasteiger partial charge on any atom is -0.356 e. The van der Waals surface area contributed by atoms with E-state index in [9.17, 15) is 18.0 Å². The Bertz CT molecular complexity index is 1460. The first-order valence-corrected chi connectivity index (χ1v) is 16.0. The monoisotopic (exact) mass is 647 g/mol. The molecule has 12 heteroatoms. The molecule has 1 aliphatic heterocycles. The molecule has 2 amide bonds. The number of piperidine rings is 1. The molecule has 2 aromatic heterocycles. The second kappa shape index (κ2) is 13.6. The lowest BCUT2D eigenvalue weighted by atomic mass is 9.93. The SMILES string of the molecule is CS(=O)(=O)c1cnc(N2CCC(CC(=O)NCCCc3ccc(Br)nc3)CC2)c(NC(=O)c2cccc(Cl)c2)c1. The Balaban J connectivity index is 1.33. The van der Waals surface area contributed by atoms with Crippen molar-refractivity contribution in [2.75, 3.05) is 36.1 Å². The molecule has 0 radical (unpaired) electrons. The molecule has 40 heavy (non-hydrogen) atoms. The van der Waals surface area contributed by atoms with E-state index in [1.807, 2.05) is 23.2 Å². The summed E-state index contributed by atoms with van der Waals surface area (Å²) < 4.78 is 25.1. The number of carbonyl (C=O) groups is 2. The number of pyridine rings is 2. The van der Waals surface area contributed by atoms with Gasteiger partial charge in [-0.15, -0.1) is 0 Å². The number of carbonyl (C=O) groups excluding carboxylic acids is 2. The van der Waals surface area contributed by atoms with Crippen LogP contribution in [0.3, 0.4) is 0 Å². The van der Waals surface area contributed by atoms with Crippen molar-refractivity contribution in [1.82, 2.24) is 15.3 Å². The van der Waals surface area contributed by atoms with Gasteiger partial charge in [-0.25, -0.2) is 18.4 Å². The van der Waals surface area contributed by atoms with Crippen molar-refractivity contribution in [3.05, 3.63) is 75.6 Å². The zero-order valence-corrected chi connectivity index (χ0v) is 25.2. The van der Waals surface area contributed by atoms with Gasteiger partial charge >= 0.3 is 0 Å². The highest BCUT2D eigenvalue weighted by molar-refractivity contribution is 9.10. The van der Waals surface area contributed by atoms with Gasteiger partial charge in [0.05, 0.1) is 10.6 Å². The van der Waals surface area contributed by atoms with Gasteiger partial charge in [0.25, 0.3) is 5.91 Å². The van der Waals surface area contributed by atoms with E-state index in [4.69, 9.17) is 11.6 Å². The number of hydrogen-bond acceptors (Lipinski definition) is 7. The van der Waals surface area contributed by atoms with Crippen LogP contribution in [0, 0.1) is 5.92 Å². The molecule has 3 heterocycles. The molecule has 1 aliphatic rings. The highest BCUT2D eigenvalue weighted by atomic mass is 79.9. The minimum absolute atomic E-state index is 0.0144. The first-order chi connectivity index (χ1) is 19.1. The van der Waals surface area contributed by atoms with Crippen LogP contribution in [0.4, 0.5) is 11.5 Å². The molecule has 1 saturated heterocycles. The third-order valence-electron chi connectivity index (χ3n) is 6.75. The van der Waals surface area contributed by atoms with Gasteiger partial charge in [0.1, 0.15) is 4.60 Å². The largest absolute Gasteiger partial charge is 0.356 e. The maximum atomic E-state index is 12.9. The highest BCUT2D eigenvalue weighted by Crippen LogP contribution is 2.31. The summed E-state index contributed by atoms with van der Waals surface area (Å²) >= 11 is 9.36. The van der Waals surface area contributed by atoms with Gasteiger partial charge in [0.15, 0.2) is 15.7 Å². The summed E-state index contributed by atoms with van der Waals surface area (Å²) in [5.41, 5.74) is 1.79. The summed E-state index contributed by atoms with van der Waals surface area (Å²) in [5, 5.41) is 6.25. The Kier molecular flexibility index (Phi) is 10.2. The third kappa shape index (κ3) is 8.49. The van der Waals surface area contributed by atoms with Gasteiger partial charge in [-0.1, -0.05) is 23.7 Å². The fraction of sp³-hybridized carbons (Fsp3) is 0.357. The highest BCUT2D eigenvalue weighted by Gasteiger charge is 2.25. The lowest BCUT2D eigenvalue weighted by molar-refractivity contribution is -0.122. The van der Waals surface area contributed by atoms with E-state index < -0.39 is 15.7 Å². The summed E-state index contributed by atoms with van der Waals surface area (Å²) in [4.78, 5) is 36.1. The van der Waals surface area contributed by atoms with E-state index in [0.717, 1.165) is 42.1 Å². The van der Waals surface area contributed by atoms with Gasteiger partial charge in [-0.2, -0.15) is 0 Å². The van der Waals surface area contributed by atoms with Crippen LogP contribution < -0.4 is 15.5 Å². The molecule has 4 rings (SSSR count). The van der Waals surface area contributed by atoms with Crippen molar-refractivity contribution < 1.29 is 18.0 Å². The van der Waals surface area contributed by atoms with E-state index in [0.29, 0.717) is 48.1 Å². The van der Waals surface area contributed by atoms with Crippen molar-refractivity contribution in [3.63, 3.8) is 0 Å². The summed E-state index contributed by atoms with van der Waals surface area (Å²) in [6.07, 6.45) is 7.92. The molecule has 0 atom stereocenters. The predicted molar refractivity (Wildman–Crippen MR) is 160 cm³/mol. The average molecular weight is 649 g/mol. The van der Waals surface area contributed by atoms with Crippen LogP contribution in [0.25, 0.3) is 0 Å². The molecule has 0 saturated carbocycles. The molecule has 0 aliphatic carbocycles. The minimum atomic E-state index is -3.53. The molecule has 0 bridgehead atoms. The molecule has 1 aromatic carbocycles. The van der Waals surface area contributed by atoms with E-state index in [1.165, 1.54) is 12.3 Å². The Morgan fingerprint density at radius 3 is 2.55 bits per heavy atom. The van der Waals surface area contributed by atoms with E-state index in [2.05, 4.69) is 36.5 Å². The number of sulfone groups is 1. The molecule has 0 unspecified atom stereocenters. The molecule has 9 nitrogen and oxygen atoms in total. The van der Waals surface area contributed by atoms with E-state index in [1.54, 1.807) is 24.3 Å². The first kappa shape index (κ1) is 30.0. The maximum Gasteiger partial charge on any atom is 0.255 e. The second-order valence-electron chi connectivity index (χ2n) is 9.86. The zero-order chi connectivity index (χ0) is 28.7. The quantitative estimate of drug-likeness (QED) is 0.237. The summed E-state index contributed by atoms with van der Waals surface area (Å²) in [7, 11) is -3.53. The zero-order valence-electron chi connectivity index (χ0n) is 22.1. The van der Waals surface area contributed by atoms with Crippen LogP contribution in [-0.2, 0) is 21.1 Å². The van der Waals surface area contributed by atoms with Crippen LogP contribution >= 0.6 is 27.5 Å². The normalized spacial score (nSPS) is 14.1. The van der Waals surface area contributed by atoms with Crippen molar-refractivity contribution >= 4 is 60.7 Å². The Labute approximate surface area is 247 Å². The molecular weight excluding hydrogens is 618 g/mol. The number of rotatable bonds is 10. The van der Waals surface area contributed by atoms with Crippen LogP contribution in [0.15, 0.2) is 64.4 Å². The maximum absolute atomic E-state index is 12.9. The molecule has 1 fully saturated rings. The Morgan fingerprint density at radius 2 is 1.88 bits per heavy atom. The lowest BCUT2D eigenvalue weighted by Crippen LogP contribution is -2.37. The standard InChI is InChI=1S/C28H31BrClN5O4S/c1-40(38,39)23-16-24(34-28(37)21-5-2-6-22(30)15-21)27(33-18-23)35-12-9-19(10-13-35)14-26(36)31-11-3-4-20-7-8-25(29)32-17-20/h2,5-8,15-19H,3-4,9-14H2,1H3,(H,31,36)(H,34,37). The second-order valence-corrected chi connectivity index (χ2v) is 13.1. The number of nitrogens with one attached hydrogen (secondary N) is 2. The summed E-state index contributed by atoms with van der Waals surface area (Å²) in [5.74, 6) is 0.344. The Morgan fingerprint density at radius 1 is 1.10 bits per heavy atom. The fourth-order valence-electron chi connectivity index (χ4n) is 4.57. The number of hydrogen-bond donors (Lipinski definition) is 2. The number of benzene rings is 1. The van der Waals surface area contributed by atoms with E-state index >= 15 is 0 Å². The van der Waals surface area contributed by atoms with Crippen molar-refractivity contribution in [2.45, 2.75) is 37.0 Å². The van der Waals surface area contributed by atoms with Crippen molar-refractivity contribution in [1.29, 1.82) is 0 Å². The molecule has 2 N–H and O–H groups in total. The third-order valence-corrected chi connectivity index (χ3v) is 8.53.